The Morgan fingerprint density at radius 3 is 2.45 bits per heavy atom. The van der Waals surface area contributed by atoms with Gasteiger partial charge in [0.25, 0.3) is 5.91 Å². The van der Waals surface area contributed by atoms with Gasteiger partial charge in [-0.1, -0.05) is 30.3 Å². The fourth-order valence-electron chi connectivity index (χ4n) is 3.90. The van der Waals surface area contributed by atoms with Gasteiger partial charge in [-0.05, 0) is 62.7 Å². The van der Waals surface area contributed by atoms with E-state index < -0.39 is 0 Å². The van der Waals surface area contributed by atoms with Gasteiger partial charge in [0.2, 0.25) is 0 Å². The first-order valence-electron chi connectivity index (χ1n) is 11.4. The number of methoxy groups -OCH3 is 1. The summed E-state index contributed by atoms with van der Waals surface area (Å²) in [6.45, 7) is 6.77. The van der Waals surface area contributed by atoms with Gasteiger partial charge in [-0.2, -0.15) is 0 Å². The topological polar surface area (TPSA) is 78.0 Å². The lowest BCUT2D eigenvalue weighted by molar-refractivity contribution is 0.0954. The summed E-state index contributed by atoms with van der Waals surface area (Å²) in [4.78, 5) is 19.6. The number of ether oxygens (including phenoxy) is 1. The highest BCUT2D eigenvalue weighted by molar-refractivity contribution is 14.0. The van der Waals surface area contributed by atoms with E-state index in [0.717, 1.165) is 31.3 Å². The van der Waals surface area contributed by atoms with E-state index in [-0.39, 0.29) is 35.9 Å². The smallest absolute Gasteiger partial charge is 0.251 e. The maximum absolute atomic E-state index is 12.2. The van der Waals surface area contributed by atoms with Gasteiger partial charge in [-0.3, -0.25) is 14.7 Å². The summed E-state index contributed by atoms with van der Waals surface area (Å²) in [7, 11) is 1.70. The van der Waals surface area contributed by atoms with Crippen LogP contribution in [0, 0.1) is 0 Å². The second kappa shape index (κ2) is 14.7. The largest absolute Gasteiger partial charge is 0.497 e. The molecule has 2 aromatic carbocycles. The van der Waals surface area contributed by atoms with Crippen LogP contribution in [-0.4, -0.2) is 63.1 Å². The van der Waals surface area contributed by atoms with Gasteiger partial charge in [0.15, 0.2) is 5.96 Å². The number of aliphatic imine (C=N–C) groups is 1. The third-order valence-electron chi connectivity index (χ3n) is 5.57. The molecule has 1 fully saturated rings. The van der Waals surface area contributed by atoms with Crippen molar-refractivity contribution in [3.8, 4) is 5.75 Å². The fourth-order valence-corrected chi connectivity index (χ4v) is 3.90. The quantitative estimate of drug-likeness (QED) is 0.178. The molecule has 1 unspecified atom stereocenters. The summed E-state index contributed by atoms with van der Waals surface area (Å²) in [5.41, 5.74) is 1.89. The van der Waals surface area contributed by atoms with Crippen molar-refractivity contribution in [2.45, 2.75) is 25.8 Å². The van der Waals surface area contributed by atoms with Crippen LogP contribution < -0.4 is 20.7 Å². The summed E-state index contributed by atoms with van der Waals surface area (Å²) in [6.07, 6.45) is 2.45. The number of carbonyl (C=O) groups is 1. The van der Waals surface area contributed by atoms with Gasteiger partial charge in [0.1, 0.15) is 5.75 Å². The Hall–Kier alpha value is -2.33. The zero-order chi connectivity index (χ0) is 22.6. The standard InChI is InChI=1S/C25H35N5O2.HI/c1-3-26-25(28-15-14-27-24(31)20-10-5-4-6-11-20)29-19-23(30-16-7-8-17-30)21-12-9-13-22(18-21)32-2;/h4-6,9-13,18,23H,3,7-8,14-17,19H2,1-2H3,(H,27,31)(H2,26,28,29);1H. The van der Waals surface area contributed by atoms with Crippen LogP contribution in [0.1, 0.15) is 41.7 Å². The van der Waals surface area contributed by atoms with Gasteiger partial charge < -0.3 is 20.7 Å². The molecule has 0 radical (unpaired) electrons. The first-order valence-corrected chi connectivity index (χ1v) is 11.4. The van der Waals surface area contributed by atoms with Crippen molar-refractivity contribution in [1.29, 1.82) is 0 Å². The molecule has 0 bridgehead atoms. The minimum Gasteiger partial charge on any atom is -0.497 e. The van der Waals surface area contributed by atoms with E-state index in [2.05, 4.69) is 33.0 Å². The molecule has 1 atom stereocenters. The number of likely N-dealkylation sites (tertiary alicyclic amines) is 1. The molecule has 1 aliphatic rings. The number of nitrogens with one attached hydrogen (secondary N) is 3. The Morgan fingerprint density at radius 2 is 1.76 bits per heavy atom. The number of hydrogen-bond acceptors (Lipinski definition) is 4. The molecule has 7 nitrogen and oxygen atoms in total. The second-order valence-electron chi connectivity index (χ2n) is 7.80. The summed E-state index contributed by atoms with van der Waals surface area (Å²) >= 11 is 0. The molecule has 0 spiro atoms. The Labute approximate surface area is 214 Å². The summed E-state index contributed by atoms with van der Waals surface area (Å²) in [5.74, 6) is 1.56. The molecule has 3 rings (SSSR count). The van der Waals surface area contributed by atoms with E-state index in [4.69, 9.17) is 9.73 Å². The van der Waals surface area contributed by atoms with Gasteiger partial charge in [-0.25, -0.2) is 0 Å². The number of carbonyl (C=O) groups excluding carboxylic acids is 1. The van der Waals surface area contributed by atoms with E-state index in [1.807, 2.05) is 49.4 Å². The van der Waals surface area contributed by atoms with E-state index in [0.29, 0.717) is 25.2 Å². The summed E-state index contributed by atoms with van der Waals surface area (Å²) in [5, 5.41) is 9.57. The Morgan fingerprint density at radius 1 is 1.03 bits per heavy atom. The fraction of sp³-hybridized carbons (Fsp3) is 0.440. The molecule has 1 heterocycles. The first-order chi connectivity index (χ1) is 15.7. The molecule has 33 heavy (non-hydrogen) atoms. The molecule has 1 saturated heterocycles. The van der Waals surface area contributed by atoms with E-state index >= 15 is 0 Å². The van der Waals surface area contributed by atoms with Crippen LogP contribution in [0.25, 0.3) is 0 Å². The lowest BCUT2D eigenvalue weighted by Crippen LogP contribution is -2.42. The minimum atomic E-state index is -0.0681. The third kappa shape index (κ3) is 8.51. The number of guanidine groups is 1. The SMILES string of the molecule is CCNC(=NCC(c1cccc(OC)c1)N1CCCC1)NCCNC(=O)c1ccccc1.I. The van der Waals surface area contributed by atoms with Crippen molar-refractivity contribution in [3.63, 3.8) is 0 Å². The highest BCUT2D eigenvalue weighted by Crippen LogP contribution is 2.27. The summed E-state index contributed by atoms with van der Waals surface area (Å²) in [6, 6.07) is 17.7. The number of benzene rings is 2. The normalized spacial score (nSPS) is 14.8. The maximum Gasteiger partial charge on any atom is 0.251 e. The van der Waals surface area contributed by atoms with Crippen LogP contribution in [0.2, 0.25) is 0 Å². The Balaban J connectivity index is 0.00000385. The average molecular weight is 566 g/mol. The number of hydrogen-bond donors (Lipinski definition) is 3. The molecule has 0 aliphatic carbocycles. The van der Waals surface area contributed by atoms with Crippen molar-refractivity contribution in [2.75, 3.05) is 46.4 Å². The molecule has 180 valence electrons. The molecular weight excluding hydrogens is 529 g/mol. The Kier molecular flexibility index (Phi) is 12.0. The van der Waals surface area contributed by atoms with E-state index in [9.17, 15) is 4.79 Å². The van der Waals surface area contributed by atoms with Crippen molar-refractivity contribution in [1.82, 2.24) is 20.9 Å². The summed E-state index contributed by atoms with van der Waals surface area (Å²) < 4.78 is 5.44. The van der Waals surface area contributed by atoms with Crippen molar-refractivity contribution in [3.05, 3.63) is 65.7 Å². The average Bonchev–Trinajstić information content (AvgIpc) is 3.37. The highest BCUT2D eigenvalue weighted by Gasteiger charge is 2.23. The predicted octanol–water partition coefficient (Wildman–Crippen LogP) is 3.44. The lowest BCUT2D eigenvalue weighted by Gasteiger charge is -2.27. The second-order valence-corrected chi connectivity index (χ2v) is 7.80. The molecule has 3 N–H and O–H groups in total. The number of halogens is 1. The van der Waals surface area contributed by atoms with Gasteiger partial charge in [-0.15, -0.1) is 24.0 Å². The maximum atomic E-state index is 12.2. The molecular formula is C25H36IN5O2. The highest BCUT2D eigenvalue weighted by atomic mass is 127. The predicted molar refractivity (Wildman–Crippen MR) is 145 cm³/mol. The van der Waals surface area contributed by atoms with E-state index in [1.165, 1.54) is 18.4 Å². The third-order valence-corrected chi connectivity index (χ3v) is 5.57. The van der Waals surface area contributed by atoms with Crippen LogP contribution in [0.15, 0.2) is 59.6 Å². The van der Waals surface area contributed by atoms with Crippen LogP contribution in [0.5, 0.6) is 5.75 Å². The van der Waals surface area contributed by atoms with Crippen LogP contribution >= 0.6 is 24.0 Å². The van der Waals surface area contributed by atoms with Gasteiger partial charge >= 0.3 is 0 Å². The van der Waals surface area contributed by atoms with Crippen LogP contribution in [0.3, 0.4) is 0 Å². The van der Waals surface area contributed by atoms with Gasteiger partial charge in [0.05, 0.1) is 19.7 Å². The minimum absolute atomic E-state index is 0. The van der Waals surface area contributed by atoms with E-state index in [1.54, 1.807) is 7.11 Å². The molecule has 2 aromatic rings. The van der Waals surface area contributed by atoms with Crippen LogP contribution in [-0.2, 0) is 0 Å². The van der Waals surface area contributed by atoms with Crippen molar-refractivity contribution in [2.24, 2.45) is 4.99 Å². The monoisotopic (exact) mass is 565 g/mol. The molecule has 1 aliphatic heterocycles. The molecule has 0 saturated carbocycles. The van der Waals surface area contributed by atoms with Gasteiger partial charge in [0, 0.05) is 25.2 Å². The zero-order valence-corrected chi connectivity index (χ0v) is 21.9. The molecule has 8 heteroatoms. The number of amides is 1. The van der Waals surface area contributed by atoms with Crippen molar-refractivity contribution >= 4 is 35.8 Å². The lowest BCUT2D eigenvalue weighted by atomic mass is 10.1. The molecule has 1 amide bonds. The zero-order valence-electron chi connectivity index (χ0n) is 19.5. The Bertz CT molecular complexity index is 872. The number of nitrogens with zero attached hydrogens (tertiary/aromatic N) is 2. The number of rotatable bonds is 10. The molecule has 0 aromatic heterocycles. The van der Waals surface area contributed by atoms with Crippen molar-refractivity contribution < 1.29 is 9.53 Å². The first kappa shape index (κ1) is 26.9. The van der Waals surface area contributed by atoms with Crippen LogP contribution in [0.4, 0.5) is 0 Å².